The average molecular weight is 607 g/mol. The summed E-state index contributed by atoms with van der Waals surface area (Å²) in [5.74, 6) is -1.55. The quantitative estimate of drug-likeness (QED) is 0.299. The number of likely N-dealkylation sites (N-methyl/N-ethyl adjacent to an activating group) is 1. The normalized spacial score (nSPS) is 19.9. The molecule has 0 aliphatic carbocycles. The number of hydrogen-bond acceptors (Lipinski definition) is 5. The zero-order valence-electron chi connectivity index (χ0n) is 23.1. The van der Waals surface area contributed by atoms with Gasteiger partial charge in [0, 0.05) is 54.9 Å². The molecule has 2 atom stereocenters. The number of alkyl halides is 3. The third kappa shape index (κ3) is 4.36. The first-order valence-corrected chi connectivity index (χ1v) is 14.3. The third-order valence-electron chi connectivity index (χ3n) is 8.62. The number of anilines is 3. The van der Waals surface area contributed by atoms with Crippen LogP contribution in [0.1, 0.15) is 45.1 Å². The molecule has 2 unspecified atom stereocenters. The Hall–Kier alpha value is -4.38. The zero-order chi connectivity index (χ0) is 30.0. The fraction of sp³-hybridized carbons (Fsp3) is 0.290. The molecule has 4 aromatic rings. The number of benzene rings is 2. The molecule has 2 aromatic heterocycles. The summed E-state index contributed by atoms with van der Waals surface area (Å²) in [7, 11) is 1.65. The minimum Gasteiger partial charge on any atom is -0.333 e. The van der Waals surface area contributed by atoms with E-state index in [4.69, 9.17) is 11.6 Å². The van der Waals surface area contributed by atoms with Crippen molar-refractivity contribution in [2.45, 2.75) is 37.5 Å². The first-order chi connectivity index (χ1) is 20.6. The van der Waals surface area contributed by atoms with Crippen molar-refractivity contribution in [3.8, 4) is 0 Å². The van der Waals surface area contributed by atoms with Crippen molar-refractivity contribution < 1.29 is 22.8 Å². The van der Waals surface area contributed by atoms with Gasteiger partial charge >= 0.3 is 6.18 Å². The van der Waals surface area contributed by atoms with E-state index in [-0.39, 0.29) is 36.3 Å². The van der Waals surface area contributed by atoms with Gasteiger partial charge in [-0.25, -0.2) is 9.67 Å². The Labute approximate surface area is 250 Å². The van der Waals surface area contributed by atoms with Gasteiger partial charge in [0.15, 0.2) is 5.69 Å². The maximum atomic E-state index is 14.1. The van der Waals surface area contributed by atoms with Crippen molar-refractivity contribution >= 4 is 40.6 Å². The van der Waals surface area contributed by atoms with Gasteiger partial charge in [-0.1, -0.05) is 48.0 Å². The standard InChI is InChI=1S/C31H26ClF3N6O2/c1-38-21-10-5-11-22-24(21)25(29(38)42)23(13-16-39(22)28-20(31(33,34)35)9-6-14-36-28)40-15-12-19-26(30(40)43)37-41(27(19)32)17-18-7-3-2-4-8-18/h2-11,14,23,25H,12-13,15-17H2,1H3. The van der Waals surface area contributed by atoms with Gasteiger partial charge in [0.2, 0.25) is 5.91 Å². The molecule has 2 amide bonds. The minimum absolute atomic E-state index is 0.120. The Bertz CT molecular complexity index is 1760. The van der Waals surface area contributed by atoms with Gasteiger partial charge in [-0.05, 0) is 42.7 Å². The van der Waals surface area contributed by atoms with Crippen LogP contribution in [-0.4, -0.2) is 57.7 Å². The average Bonchev–Trinajstić information content (AvgIpc) is 3.37. The highest BCUT2D eigenvalue weighted by Crippen LogP contribution is 2.51. The number of aromatic nitrogens is 3. The smallest absolute Gasteiger partial charge is 0.333 e. The topological polar surface area (TPSA) is 74.6 Å². The summed E-state index contributed by atoms with van der Waals surface area (Å²) < 4.78 is 43.9. The van der Waals surface area contributed by atoms with Crippen LogP contribution < -0.4 is 9.80 Å². The van der Waals surface area contributed by atoms with Crippen molar-refractivity contribution in [2.75, 3.05) is 29.9 Å². The predicted molar refractivity (Wildman–Crippen MR) is 155 cm³/mol. The number of halogens is 4. The first kappa shape index (κ1) is 27.5. The van der Waals surface area contributed by atoms with Crippen molar-refractivity contribution in [1.82, 2.24) is 19.7 Å². The van der Waals surface area contributed by atoms with Crippen LogP contribution in [0.4, 0.5) is 30.4 Å². The van der Waals surface area contributed by atoms with E-state index in [9.17, 15) is 22.8 Å². The Morgan fingerprint density at radius 3 is 2.51 bits per heavy atom. The predicted octanol–water partition coefficient (Wildman–Crippen LogP) is 5.67. The van der Waals surface area contributed by atoms with Gasteiger partial charge < -0.3 is 14.7 Å². The van der Waals surface area contributed by atoms with Crippen LogP contribution in [0.3, 0.4) is 0 Å². The van der Waals surface area contributed by atoms with Gasteiger partial charge in [-0.2, -0.15) is 18.3 Å². The third-order valence-corrected chi connectivity index (χ3v) is 9.05. The van der Waals surface area contributed by atoms with Crippen LogP contribution >= 0.6 is 11.6 Å². The second-order valence-corrected chi connectivity index (χ2v) is 11.3. The fourth-order valence-electron chi connectivity index (χ4n) is 6.65. The van der Waals surface area contributed by atoms with E-state index in [2.05, 4.69) is 10.1 Å². The van der Waals surface area contributed by atoms with Gasteiger partial charge in [-0.3, -0.25) is 9.59 Å². The molecule has 0 radical (unpaired) electrons. The summed E-state index contributed by atoms with van der Waals surface area (Å²) in [6.07, 6.45) is -2.61. The molecule has 3 aliphatic heterocycles. The van der Waals surface area contributed by atoms with Crippen molar-refractivity contribution in [3.63, 3.8) is 0 Å². The Balaban J connectivity index is 1.29. The first-order valence-electron chi connectivity index (χ1n) is 14.0. The number of fused-ring (bicyclic) bond motifs is 1. The molecule has 3 aliphatic rings. The molecule has 0 saturated heterocycles. The lowest BCUT2D eigenvalue weighted by atomic mass is 9.88. The summed E-state index contributed by atoms with van der Waals surface area (Å²) in [6, 6.07) is 16.5. The van der Waals surface area contributed by atoms with E-state index in [1.165, 1.54) is 22.1 Å². The van der Waals surface area contributed by atoms with Gasteiger partial charge in [-0.15, -0.1) is 0 Å². The molecular weight excluding hydrogens is 581 g/mol. The molecular formula is C31H26ClF3N6O2. The SMILES string of the molecule is CN1C(=O)C2c3c1cccc3N(c1ncccc1C(F)(F)F)CCC2N1CCc2c(nn(Cc3ccccc3)c2Cl)C1=O. The van der Waals surface area contributed by atoms with Crippen molar-refractivity contribution in [1.29, 1.82) is 0 Å². The molecule has 43 heavy (non-hydrogen) atoms. The second kappa shape index (κ2) is 10.1. The summed E-state index contributed by atoms with van der Waals surface area (Å²) in [5, 5.41) is 4.99. The second-order valence-electron chi connectivity index (χ2n) is 11.0. The van der Waals surface area contributed by atoms with Crippen LogP contribution in [0.5, 0.6) is 0 Å². The van der Waals surface area contributed by atoms with Crippen LogP contribution in [0.25, 0.3) is 0 Å². The lowest BCUT2D eigenvalue weighted by Crippen LogP contribution is -2.49. The van der Waals surface area contributed by atoms with E-state index >= 15 is 0 Å². The van der Waals surface area contributed by atoms with E-state index in [1.807, 2.05) is 30.3 Å². The number of rotatable bonds is 4. The highest BCUT2D eigenvalue weighted by molar-refractivity contribution is 6.31. The van der Waals surface area contributed by atoms with Crippen LogP contribution in [0, 0.1) is 0 Å². The summed E-state index contributed by atoms with van der Waals surface area (Å²) in [5.41, 5.74) is 2.70. The molecule has 0 fully saturated rings. The van der Waals surface area contributed by atoms with Crippen molar-refractivity contribution in [2.24, 2.45) is 0 Å². The number of carbonyl (C=O) groups excluding carboxylic acids is 2. The van der Waals surface area contributed by atoms with Gasteiger partial charge in [0.05, 0.1) is 18.0 Å². The molecule has 5 heterocycles. The molecule has 8 nitrogen and oxygen atoms in total. The lowest BCUT2D eigenvalue weighted by molar-refractivity contribution is -0.137. The van der Waals surface area contributed by atoms with Gasteiger partial charge in [0.1, 0.15) is 11.0 Å². The van der Waals surface area contributed by atoms with Gasteiger partial charge in [0.25, 0.3) is 5.91 Å². The summed E-state index contributed by atoms with van der Waals surface area (Å²) in [6.45, 7) is 0.816. The maximum absolute atomic E-state index is 14.1. The Morgan fingerprint density at radius 2 is 1.74 bits per heavy atom. The molecule has 12 heteroatoms. The molecule has 0 spiro atoms. The number of hydrogen-bond donors (Lipinski definition) is 0. The van der Waals surface area contributed by atoms with Crippen molar-refractivity contribution in [3.05, 3.63) is 100.0 Å². The number of pyridine rings is 1. The highest BCUT2D eigenvalue weighted by Gasteiger charge is 2.49. The van der Waals surface area contributed by atoms with Crippen LogP contribution in [0.2, 0.25) is 5.15 Å². The van der Waals surface area contributed by atoms with E-state index in [0.717, 1.165) is 11.6 Å². The summed E-state index contributed by atoms with van der Waals surface area (Å²) in [4.78, 5) is 36.7. The van der Waals surface area contributed by atoms with E-state index < -0.39 is 23.7 Å². The number of nitrogens with zero attached hydrogens (tertiary/aromatic N) is 6. The molecule has 0 saturated carbocycles. The fourth-order valence-corrected chi connectivity index (χ4v) is 6.93. The Kier molecular flexibility index (Phi) is 6.46. The number of amides is 2. The molecule has 0 bridgehead atoms. The van der Waals surface area contributed by atoms with E-state index in [1.54, 1.807) is 34.8 Å². The molecule has 220 valence electrons. The lowest BCUT2D eigenvalue weighted by Gasteiger charge is -2.36. The molecule has 7 rings (SSSR count). The summed E-state index contributed by atoms with van der Waals surface area (Å²) >= 11 is 6.69. The number of carbonyl (C=O) groups is 2. The largest absolute Gasteiger partial charge is 0.419 e. The van der Waals surface area contributed by atoms with Crippen LogP contribution in [-0.2, 0) is 23.9 Å². The molecule has 0 N–H and O–H groups in total. The van der Waals surface area contributed by atoms with E-state index in [0.29, 0.717) is 47.2 Å². The maximum Gasteiger partial charge on any atom is 0.419 e. The highest BCUT2D eigenvalue weighted by atomic mass is 35.5. The minimum atomic E-state index is -4.63. The monoisotopic (exact) mass is 606 g/mol. The Morgan fingerprint density at radius 1 is 0.977 bits per heavy atom. The van der Waals surface area contributed by atoms with Crippen LogP contribution in [0.15, 0.2) is 66.9 Å². The molecule has 2 aromatic carbocycles. The zero-order valence-corrected chi connectivity index (χ0v) is 23.8.